The third-order valence-corrected chi connectivity index (χ3v) is 11.4. The fraction of sp³-hybridized carbons (Fsp3) is 0.618. The molecule has 1 aromatic heterocycles. The van der Waals surface area contributed by atoms with Crippen molar-refractivity contribution in [2.75, 3.05) is 54.1 Å². The maximum atomic E-state index is 13.3. The Bertz CT molecular complexity index is 1340. The number of rotatable bonds is 8. The summed E-state index contributed by atoms with van der Waals surface area (Å²) in [5.74, 6) is 1.84. The van der Waals surface area contributed by atoms with Crippen LogP contribution >= 0.6 is 0 Å². The van der Waals surface area contributed by atoms with Crippen molar-refractivity contribution in [3.63, 3.8) is 0 Å². The number of para-hydroxylation sites is 2. The molecule has 4 bridgehead atoms. The first-order chi connectivity index (χ1) is 21.4. The molecule has 10 heteroatoms. The fourth-order valence-electron chi connectivity index (χ4n) is 9.37. The molecular formula is C34H47N7O3. The number of hydroxylamine groups is 1. The van der Waals surface area contributed by atoms with Gasteiger partial charge in [-0.25, -0.2) is 14.8 Å². The highest BCUT2D eigenvalue weighted by atomic mass is 16.7. The zero-order valence-electron chi connectivity index (χ0n) is 26.2. The lowest BCUT2D eigenvalue weighted by molar-refractivity contribution is -0.145. The number of nitrogens with two attached hydrogens (primary N) is 1. The maximum Gasteiger partial charge on any atom is 0.431 e. The summed E-state index contributed by atoms with van der Waals surface area (Å²) in [7, 11) is 0. The van der Waals surface area contributed by atoms with E-state index in [1.54, 1.807) is 5.06 Å². The van der Waals surface area contributed by atoms with Crippen LogP contribution < -0.4 is 25.9 Å². The SMILES string of the molecule is CCC(CC)N1CCN(c2ccc(N3CCN(OC(=O)NC4[C@@H]5CC6C[C@H]4CC(C(N)=O)(C6)C5)c4ccccc43)nc2)CC1. The standard InChI is InChI=1S/C34H47N7O3/c1-3-26(4-2)38-11-13-39(14-12-38)27-9-10-30(36-22-27)40-15-16-41(29-8-6-5-7-28(29)40)44-33(43)37-31-24-17-23-18-25(31)21-34(19-23,20-24)32(35)42/h5-10,22-26,31H,3-4,11-21H2,1-2H3,(H2,35,42)(H,37,43)/t23?,24-,25+,31?,34?. The Kier molecular flexibility index (Phi) is 7.80. The Hall–Kier alpha value is -3.53. The number of benzene rings is 1. The molecule has 3 heterocycles. The number of carbonyl (C=O) groups is 2. The summed E-state index contributed by atoms with van der Waals surface area (Å²) < 4.78 is 0. The second kappa shape index (κ2) is 11.8. The summed E-state index contributed by atoms with van der Waals surface area (Å²) in [4.78, 5) is 43.7. The largest absolute Gasteiger partial charge is 0.431 e. The molecule has 4 saturated carbocycles. The Morgan fingerprint density at radius 2 is 1.66 bits per heavy atom. The molecular weight excluding hydrogens is 554 g/mol. The number of amides is 2. The lowest BCUT2D eigenvalue weighted by Crippen LogP contribution is -2.62. The van der Waals surface area contributed by atoms with E-state index >= 15 is 0 Å². The molecule has 5 atom stereocenters. The van der Waals surface area contributed by atoms with Gasteiger partial charge in [-0.1, -0.05) is 26.0 Å². The van der Waals surface area contributed by atoms with Crippen LogP contribution in [0.2, 0.25) is 0 Å². The maximum absolute atomic E-state index is 13.3. The average molecular weight is 602 g/mol. The Balaban J connectivity index is 0.989. The van der Waals surface area contributed by atoms with Gasteiger partial charge in [0.2, 0.25) is 5.91 Å². The van der Waals surface area contributed by atoms with Crippen molar-refractivity contribution < 1.29 is 14.4 Å². The number of fused-ring (bicyclic) bond motifs is 1. The number of pyridine rings is 1. The number of hydrogen-bond donors (Lipinski definition) is 2. The van der Waals surface area contributed by atoms with E-state index < -0.39 is 6.09 Å². The molecule has 3 unspecified atom stereocenters. The van der Waals surface area contributed by atoms with Crippen LogP contribution in [0.1, 0.15) is 58.8 Å². The molecule has 3 N–H and O–H groups in total. The molecule has 0 spiro atoms. The number of carbonyl (C=O) groups excluding carboxylic acids is 2. The summed E-state index contributed by atoms with van der Waals surface area (Å²) >= 11 is 0. The second-order valence-electron chi connectivity index (χ2n) is 13.8. The van der Waals surface area contributed by atoms with Crippen LogP contribution in [-0.4, -0.2) is 73.2 Å². The van der Waals surface area contributed by atoms with Crippen molar-refractivity contribution in [1.82, 2.24) is 15.2 Å². The number of primary amides is 1. The summed E-state index contributed by atoms with van der Waals surface area (Å²) in [6.07, 6.45) is 8.57. The first kappa shape index (κ1) is 29.2. The van der Waals surface area contributed by atoms with Gasteiger partial charge in [0.05, 0.1) is 29.8 Å². The predicted molar refractivity (Wildman–Crippen MR) is 172 cm³/mol. The summed E-state index contributed by atoms with van der Waals surface area (Å²) in [6.45, 7) is 9.96. The topological polar surface area (TPSA) is 107 Å². The molecule has 2 amide bonds. The lowest BCUT2D eigenvalue weighted by Gasteiger charge is -2.58. The van der Waals surface area contributed by atoms with Crippen molar-refractivity contribution in [2.45, 2.75) is 70.9 Å². The quantitative estimate of drug-likeness (QED) is 0.450. The Labute approximate surface area is 260 Å². The van der Waals surface area contributed by atoms with E-state index in [9.17, 15) is 9.59 Å². The first-order valence-electron chi connectivity index (χ1n) is 16.7. The normalized spacial score (nSPS) is 29.6. The van der Waals surface area contributed by atoms with E-state index in [0.717, 1.165) is 81.2 Å². The lowest BCUT2D eigenvalue weighted by atomic mass is 9.47. The van der Waals surface area contributed by atoms with Gasteiger partial charge >= 0.3 is 6.09 Å². The van der Waals surface area contributed by atoms with Gasteiger partial charge in [-0.3, -0.25) is 9.69 Å². The molecule has 6 aliphatic rings. The number of nitrogens with zero attached hydrogens (tertiary/aromatic N) is 5. The van der Waals surface area contributed by atoms with E-state index in [1.807, 2.05) is 24.4 Å². The molecule has 1 aromatic carbocycles. The van der Waals surface area contributed by atoms with Crippen LogP contribution in [0.4, 0.5) is 27.7 Å². The average Bonchev–Trinajstić information content (AvgIpc) is 3.04. The highest BCUT2D eigenvalue weighted by Crippen LogP contribution is 2.60. The monoisotopic (exact) mass is 601 g/mol. The van der Waals surface area contributed by atoms with Crippen LogP contribution in [0.5, 0.6) is 0 Å². The van der Waals surface area contributed by atoms with Crippen molar-refractivity contribution in [3.8, 4) is 0 Å². The molecule has 4 aliphatic carbocycles. The minimum absolute atomic E-state index is 0.0356. The number of hydrogen-bond acceptors (Lipinski definition) is 8. The zero-order chi connectivity index (χ0) is 30.4. The Morgan fingerprint density at radius 1 is 0.955 bits per heavy atom. The minimum Gasteiger partial charge on any atom is -0.369 e. The van der Waals surface area contributed by atoms with Gasteiger partial charge in [0.1, 0.15) is 5.82 Å². The van der Waals surface area contributed by atoms with Gasteiger partial charge in [0, 0.05) is 50.2 Å². The van der Waals surface area contributed by atoms with Gasteiger partial charge in [0.25, 0.3) is 0 Å². The van der Waals surface area contributed by atoms with Crippen molar-refractivity contribution in [3.05, 3.63) is 42.6 Å². The minimum atomic E-state index is -0.425. The number of anilines is 4. The molecule has 10 nitrogen and oxygen atoms in total. The van der Waals surface area contributed by atoms with Gasteiger partial charge in [0.15, 0.2) is 0 Å². The summed E-state index contributed by atoms with van der Waals surface area (Å²) in [5.41, 5.74) is 8.45. The van der Waals surface area contributed by atoms with Crippen LogP contribution in [0.25, 0.3) is 0 Å². The van der Waals surface area contributed by atoms with E-state index in [0.29, 0.717) is 25.0 Å². The van der Waals surface area contributed by atoms with Gasteiger partial charge < -0.3 is 25.7 Å². The van der Waals surface area contributed by atoms with Crippen LogP contribution in [0.15, 0.2) is 42.6 Å². The highest BCUT2D eigenvalue weighted by Gasteiger charge is 2.58. The summed E-state index contributed by atoms with van der Waals surface area (Å²) in [6, 6.07) is 13.0. The van der Waals surface area contributed by atoms with E-state index in [2.05, 4.69) is 52.1 Å². The predicted octanol–water partition coefficient (Wildman–Crippen LogP) is 4.67. The third kappa shape index (κ3) is 5.25. The van der Waals surface area contributed by atoms with Gasteiger partial charge in [-0.2, -0.15) is 0 Å². The highest BCUT2D eigenvalue weighted by molar-refractivity contribution is 5.82. The van der Waals surface area contributed by atoms with E-state index in [1.165, 1.54) is 12.8 Å². The third-order valence-electron chi connectivity index (χ3n) is 11.4. The van der Waals surface area contributed by atoms with Crippen molar-refractivity contribution in [1.29, 1.82) is 0 Å². The van der Waals surface area contributed by atoms with Crippen LogP contribution in [0, 0.1) is 23.2 Å². The molecule has 5 fully saturated rings. The molecule has 44 heavy (non-hydrogen) atoms. The second-order valence-corrected chi connectivity index (χ2v) is 13.8. The smallest absolute Gasteiger partial charge is 0.369 e. The molecule has 2 aromatic rings. The molecule has 236 valence electrons. The number of aromatic nitrogens is 1. The van der Waals surface area contributed by atoms with Gasteiger partial charge in [-0.15, -0.1) is 0 Å². The first-order valence-corrected chi connectivity index (χ1v) is 16.7. The Morgan fingerprint density at radius 3 is 2.30 bits per heavy atom. The van der Waals surface area contributed by atoms with Crippen molar-refractivity contribution >= 4 is 34.9 Å². The molecule has 1 saturated heterocycles. The van der Waals surface area contributed by atoms with E-state index in [4.69, 9.17) is 15.6 Å². The number of piperazine rings is 1. The summed E-state index contributed by atoms with van der Waals surface area (Å²) in [5, 5.41) is 4.91. The fourth-order valence-corrected chi connectivity index (χ4v) is 9.37. The molecule has 0 radical (unpaired) electrons. The molecule has 2 aliphatic heterocycles. The zero-order valence-corrected chi connectivity index (χ0v) is 26.2. The number of nitrogens with one attached hydrogen (secondary N) is 1. The van der Waals surface area contributed by atoms with Gasteiger partial charge in [-0.05, 0) is 87.0 Å². The van der Waals surface area contributed by atoms with Crippen molar-refractivity contribution in [2.24, 2.45) is 28.9 Å². The van der Waals surface area contributed by atoms with Crippen LogP contribution in [0.3, 0.4) is 0 Å². The van der Waals surface area contributed by atoms with E-state index in [-0.39, 0.29) is 29.2 Å². The molecule has 8 rings (SSSR count). The van der Waals surface area contributed by atoms with Crippen LogP contribution in [-0.2, 0) is 9.63 Å².